The summed E-state index contributed by atoms with van der Waals surface area (Å²) >= 11 is 5.92. The number of para-hydroxylation sites is 2. The third-order valence-electron chi connectivity index (χ3n) is 3.89. The summed E-state index contributed by atoms with van der Waals surface area (Å²) in [6.45, 7) is 0. The highest BCUT2D eigenvalue weighted by molar-refractivity contribution is 6.31. The van der Waals surface area contributed by atoms with Crippen LogP contribution in [0.4, 0.5) is 5.69 Å². The fraction of sp³-hybridized carbons (Fsp3) is 0. The van der Waals surface area contributed by atoms with Crippen molar-refractivity contribution in [2.75, 3.05) is 5.32 Å². The van der Waals surface area contributed by atoms with Crippen LogP contribution in [0.3, 0.4) is 0 Å². The van der Waals surface area contributed by atoms with E-state index in [1.807, 2.05) is 48.5 Å². The van der Waals surface area contributed by atoms with Crippen LogP contribution < -0.4 is 5.32 Å². The van der Waals surface area contributed by atoms with Crippen LogP contribution in [-0.2, 0) is 0 Å². The normalized spacial score (nSPS) is 10.8. The second-order valence-electron chi connectivity index (χ2n) is 5.64. The third kappa shape index (κ3) is 3.25. The lowest BCUT2D eigenvalue weighted by Crippen LogP contribution is -2.11. The quantitative estimate of drug-likeness (QED) is 0.539. The molecule has 1 amide bonds. The van der Waals surface area contributed by atoms with Gasteiger partial charge in [-0.3, -0.25) is 4.79 Å². The molecule has 0 aliphatic rings. The van der Waals surface area contributed by atoms with E-state index in [1.165, 1.54) is 0 Å². The molecule has 3 aromatic carbocycles. The first-order valence-electron chi connectivity index (χ1n) is 7.81. The third-order valence-corrected chi connectivity index (χ3v) is 4.13. The molecule has 4 rings (SSSR count). The average Bonchev–Trinajstić information content (AvgIpc) is 3.06. The molecule has 0 saturated heterocycles. The summed E-state index contributed by atoms with van der Waals surface area (Å²) in [6, 6.07) is 22.3. The zero-order chi connectivity index (χ0) is 17.2. The van der Waals surface area contributed by atoms with Gasteiger partial charge in [-0.2, -0.15) is 0 Å². The van der Waals surface area contributed by atoms with Gasteiger partial charge in [0.25, 0.3) is 5.91 Å². The van der Waals surface area contributed by atoms with Gasteiger partial charge < -0.3 is 10.3 Å². The van der Waals surface area contributed by atoms with E-state index in [-0.39, 0.29) is 5.91 Å². The summed E-state index contributed by atoms with van der Waals surface area (Å²) in [5.74, 6) is 0.605. The molecule has 4 nitrogen and oxygen atoms in total. The standard InChI is InChI=1S/C20H14ClN3O/c21-15-5-3-4-14(12-15)20(25)22-16-10-8-13(9-11-16)19-23-17-6-1-2-7-18(17)24-19/h1-12H,(H,22,25)(H,23,24). The Morgan fingerprint density at radius 3 is 2.52 bits per heavy atom. The van der Waals surface area contributed by atoms with Crippen LogP contribution in [-0.4, -0.2) is 15.9 Å². The van der Waals surface area contributed by atoms with Gasteiger partial charge in [0.1, 0.15) is 5.82 Å². The molecule has 1 aromatic heterocycles. The van der Waals surface area contributed by atoms with Crippen LogP contribution in [0.5, 0.6) is 0 Å². The first kappa shape index (κ1) is 15.4. The van der Waals surface area contributed by atoms with Crippen LogP contribution in [0, 0.1) is 0 Å². The number of nitrogens with zero attached hydrogens (tertiary/aromatic N) is 1. The number of hydrogen-bond donors (Lipinski definition) is 2. The van der Waals surface area contributed by atoms with E-state index in [1.54, 1.807) is 24.3 Å². The molecule has 0 bridgehead atoms. The van der Waals surface area contributed by atoms with Crippen LogP contribution >= 0.6 is 11.6 Å². The number of anilines is 1. The van der Waals surface area contributed by atoms with E-state index in [9.17, 15) is 4.79 Å². The van der Waals surface area contributed by atoms with E-state index in [4.69, 9.17) is 11.6 Å². The topological polar surface area (TPSA) is 57.8 Å². The number of halogens is 1. The smallest absolute Gasteiger partial charge is 0.255 e. The molecule has 1 heterocycles. The summed E-state index contributed by atoms with van der Waals surface area (Å²) in [4.78, 5) is 20.1. The number of aromatic nitrogens is 2. The highest BCUT2D eigenvalue weighted by atomic mass is 35.5. The molecule has 122 valence electrons. The molecule has 0 aliphatic heterocycles. The second-order valence-corrected chi connectivity index (χ2v) is 6.08. The van der Waals surface area contributed by atoms with Crippen LogP contribution in [0.25, 0.3) is 22.4 Å². The number of imidazole rings is 1. The maximum absolute atomic E-state index is 12.3. The summed E-state index contributed by atoms with van der Waals surface area (Å²) < 4.78 is 0. The number of nitrogens with one attached hydrogen (secondary N) is 2. The molecule has 0 aliphatic carbocycles. The Hall–Kier alpha value is -3.11. The molecule has 4 aromatic rings. The molecule has 2 N–H and O–H groups in total. The molecule has 25 heavy (non-hydrogen) atoms. The molecular weight excluding hydrogens is 334 g/mol. The zero-order valence-corrected chi connectivity index (χ0v) is 13.9. The number of fused-ring (bicyclic) bond motifs is 1. The Kier molecular flexibility index (Phi) is 3.96. The minimum absolute atomic E-state index is 0.195. The Balaban J connectivity index is 1.54. The summed E-state index contributed by atoms with van der Waals surface area (Å²) in [5.41, 5.74) is 4.11. The molecule has 0 fully saturated rings. The SMILES string of the molecule is O=C(Nc1ccc(-c2nc3ccccc3[nH]2)cc1)c1cccc(Cl)c1. The predicted octanol–water partition coefficient (Wildman–Crippen LogP) is 5.14. The molecule has 0 spiro atoms. The molecule has 0 unspecified atom stereocenters. The van der Waals surface area contributed by atoms with Gasteiger partial charge in [0.15, 0.2) is 0 Å². The number of H-pyrrole nitrogens is 1. The monoisotopic (exact) mass is 347 g/mol. The number of rotatable bonds is 3. The molecule has 5 heteroatoms. The fourth-order valence-corrected chi connectivity index (χ4v) is 2.82. The first-order chi connectivity index (χ1) is 12.2. The lowest BCUT2D eigenvalue weighted by Gasteiger charge is -2.06. The highest BCUT2D eigenvalue weighted by Crippen LogP contribution is 2.22. The number of benzene rings is 3. The van der Waals surface area contributed by atoms with Gasteiger partial charge in [0, 0.05) is 21.8 Å². The maximum Gasteiger partial charge on any atom is 0.255 e. The number of aromatic amines is 1. The van der Waals surface area contributed by atoms with Crippen LogP contribution in [0.2, 0.25) is 5.02 Å². The van der Waals surface area contributed by atoms with Gasteiger partial charge in [0.2, 0.25) is 0 Å². The Morgan fingerprint density at radius 1 is 0.960 bits per heavy atom. The van der Waals surface area contributed by atoms with Crippen molar-refractivity contribution in [1.82, 2.24) is 9.97 Å². The van der Waals surface area contributed by atoms with E-state index >= 15 is 0 Å². The van der Waals surface area contributed by atoms with Crippen molar-refractivity contribution in [1.29, 1.82) is 0 Å². The largest absolute Gasteiger partial charge is 0.338 e. The molecule has 0 atom stereocenters. The van der Waals surface area contributed by atoms with Crippen molar-refractivity contribution < 1.29 is 4.79 Å². The molecule has 0 radical (unpaired) electrons. The summed E-state index contributed by atoms with van der Waals surface area (Å²) in [7, 11) is 0. The zero-order valence-electron chi connectivity index (χ0n) is 13.2. The Bertz CT molecular complexity index is 1020. The predicted molar refractivity (Wildman–Crippen MR) is 101 cm³/mol. The fourth-order valence-electron chi connectivity index (χ4n) is 2.63. The van der Waals surface area contributed by atoms with Crippen molar-refractivity contribution in [2.24, 2.45) is 0 Å². The van der Waals surface area contributed by atoms with E-state index < -0.39 is 0 Å². The van der Waals surface area contributed by atoms with E-state index in [0.29, 0.717) is 16.3 Å². The van der Waals surface area contributed by atoms with Crippen molar-refractivity contribution in [2.45, 2.75) is 0 Å². The van der Waals surface area contributed by atoms with Gasteiger partial charge in [-0.15, -0.1) is 0 Å². The van der Waals surface area contributed by atoms with Crippen LogP contribution in [0.1, 0.15) is 10.4 Å². The number of amides is 1. The number of hydrogen-bond acceptors (Lipinski definition) is 2. The van der Waals surface area contributed by atoms with Crippen molar-refractivity contribution in [3.63, 3.8) is 0 Å². The van der Waals surface area contributed by atoms with Gasteiger partial charge in [-0.05, 0) is 54.6 Å². The molecule has 0 saturated carbocycles. The van der Waals surface area contributed by atoms with Gasteiger partial charge in [-0.1, -0.05) is 29.8 Å². The van der Waals surface area contributed by atoms with Crippen molar-refractivity contribution in [3.8, 4) is 11.4 Å². The van der Waals surface area contributed by atoms with Gasteiger partial charge in [-0.25, -0.2) is 4.98 Å². The van der Waals surface area contributed by atoms with Gasteiger partial charge in [0.05, 0.1) is 11.0 Å². The van der Waals surface area contributed by atoms with Gasteiger partial charge >= 0.3 is 0 Å². The summed E-state index contributed by atoms with van der Waals surface area (Å²) in [6.07, 6.45) is 0. The first-order valence-corrected chi connectivity index (χ1v) is 8.19. The minimum atomic E-state index is -0.195. The minimum Gasteiger partial charge on any atom is -0.338 e. The van der Waals surface area contributed by atoms with Crippen molar-refractivity contribution >= 4 is 34.2 Å². The lowest BCUT2D eigenvalue weighted by atomic mass is 10.1. The second kappa shape index (κ2) is 6.42. The van der Waals surface area contributed by atoms with E-state index in [0.717, 1.165) is 22.4 Å². The van der Waals surface area contributed by atoms with E-state index in [2.05, 4.69) is 15.3 Å². The van der Waals surface area contributed by atoms with Crippen LogP contribution in [0.15, 0.2) is 72.8 Å². The number of carbonyl (C=O) groups is 1. The summed E-state index contributed by atoms with van der Waals surface area (Å²) in [5, 5.41) is 3.40. The highest BCUT2D eigenvalue weighted by Gasteiger charge is 2.08. The maximum atomic E-state index is 12.3. The number of carbonyl (C=O) groups excluding carboxylic acids is 1. The Morgan fingerprint density at radius 2 is 1.76 bits per heavy atom. The van der Waals surface area contributed by atoms with Crippen molar-refractivity contribution in [3.05, 3.63) is 83.4 Å². The molecular formula is C20H14ClN3O. The Labute approximate surface area is 149 Å². The lowest BCUT2D eigenvalue weighted by molar-refractivity contribution is 0.102. The average molecular weight is 348 g/mol.